The van der Waals surface area contributed by atoms with Crippen LogP contribution in [0.15, 0.2) is 0 Å². The van der Waals surface area contributed by atoms with Crippen LogP contribution in [0.3, 0.4) is 0 Å². The van der Waals surface area contributed by atoms with Gasteiger partial charge in [-0.15, -0.1) is 0 Å². The number of esters is 2. The molecule has 0 radical (unpaired) electrons. The summed E-state index contributed by atoms with van der Waals surface area (Å²) in [5.74, 6) is -1.70. The fourth-order valence-corrected chi connectivity index (χ4v) is 1.17. The van der Waals surface area contributed by atoms with Crippen molar-refractivity contribution in [3.05, 3.63) is 0 Å². The van der Waals surface area contributed by atoms with E-state index in [0.717, 1.165) is 0 Å². The first kappa shape index (κ1) is 14.4. The first-order valence-corrected chi connectivity index (χ1v) is 7.41. The van der Waals surface area contributed by atoms with Gasteiger partial charge in [0.1, 0.15) is 10.5 Å². The van der Waals surface area contributed by atoms with Gasteiger partial charge >= 0.3 is 11.9 Å². The summed E-state index contributed by atoms with van der Waals surface area (Å²) in [5, 5.41) is -1.71. The molecular formula is C8H14O5S2. The summed E-state index contributed by atoms with van der Waals surface area (Å²) < 4.78 is 26.3. The van der Waals surface area contributed by atoms with E-state index in [1.165, 1.54) is 26.4 Å². The average Bonchev–Trinajstić information content (AvgIpc) is 2.14. The van der Waals surface area contributed by atoms with Crippen LogP contribution in [-0.2, 0) is 35.9 Å². The maximum Gasteiger partial charge on any atom is 0.329 e. The van der Waals surface area contributed by atoms with Crippen molar-refractivity contribution in [3.63, 3.8) is 0 Å². The molecule has 0 spiro atoms. The molecule has 4 atom stereocenters. The standard InChI is InChI=1S/C8H14O5S2/c1-5(14(3)11)7(9)13-8(10)6(2)15(4)12/h5-6H,1-4H3. The van der Waals surface area contributed by atoms with Gasteiger partial charge in [-0.3, -0.25) is 18.0 Å². The van der Waals surface area contributed by atoms with Gasteiger partial charge in [0, 0.05) is 34.1 Å². The van der Waals surface area contributed by atoms with E-state index in [0.29, 0.717) is 0 Å². The first-order chi connectivity index (χ1) is 6.77. The zero-order chi connectivity index (χ0) is 12.2. The van der Waals surface area contributed by atoms with Gasteiger partial charge in [0.15, 0.2) is 0 Å². The highest BCUT2D eigenvalue weighted by molar-refractivity contribution is 7.86. The highest BCUT2D eigenvalue weighted by atomic mass is 32.2. The molecule has 5 nitrogen and oxygen atoms in total. The molecule has 0 fully saturated rings. The van der Waals surface area contributed by atoms with Gasteiger partial charge in [-0.1, -0.05) is 0 Å². The molecule has 0 aromatic heterocycles. The molecule has 0 saturated carbocycles. The lowest BCUT2D eigenvalue weighted by atomic mass is 10.4. The third-order valence-corrected chi connectivity index (χ3v) is 4.24. The quantitative estimate of drug-likeness (QED) is 0.503. The van der Waals surface area contributed by atoms with E-state index in [-0.39, 0.29) is 0 Å². The normalized spacial score (nSPS) is 18.7. The Hall–Kier alpha value is -0.560. The van der Waals surface area contributed by atoms with Crippen molar-refractivity contribution in [1.29, 1.82) is 0 Å². The molecule has 0 aromatic carbocycles. The van der Waals surface area contributed by atoms with E-state index in [1.54, 1.807) is 0 Å². The third kappa shape index (κ3) is 4.65. The molecule has 0 aliphatic rings. The minimum Gasteiger partial charge on any atom is -0.391 e. The summed E-state index contributed by atoms with van der Waals surface area (Å²) in [4.78, 5) is 22.4. The van der Waals surface area contributed by atoms with Gasteiger partial charge in [-0.05, 0) is 13.8 Å². The van der Waals surface area contributed by atoms with E-state index in [9.17, 15) is 18.0 Å². The highest BCUT2D eigenvalue weighted by Gasteiger charge is 2.25. The third-order valence-electron chi connectivity index (χ3n) is 1.86. The number of carbonyl (C=O) groups is 2. The van der Waals surface area contributed by atoms with Gasteiger partial charge in [0.25, 0.3) is 0 Å². The maximum atomic E-state index is 11.2. The van der Waals surface area contributed by atoms with Gasteiger partial charge < -0.3 is 4.74 Å². The smallest absolute Gasteiger partial charge is 0.329 e. The van der Waals surface area contributed by atoms with Crippen molar-refractivity contribution in [1.82, 2.24) is 0 Å². The van der Waals surface area contributed by atoms with Crippen LogP contribution in [0.25, 0.3) is 0 Å². The molecule has 0 saturated heterocycles. The summed E-state index contributed by atoms with van der Waals surface area (Å²) in [5.41, 5.74) is 0. The van der Waals surface area contributed by atoms with Gasteiger partial charge in [-0.2, -0.15) is 0 Å². The molecule has 0 N–H and O–H groups in total. The zero-order valence-corrected chi connectivity index (χ0v) is 10.6. The number of hydrogen-bond acceptors (Lipinski definition) is 5. The minimum absolute atomic E-state index is 0.849. The highest BCUT2D eigenvalue weighted by Crippen LogP contribution is 2.01. The molecule has 7 heteroatoms. The summed E-state index contributed by atoms with van der Waals surface area (Å²) >= 11 is 0. The Morgan fingerprint density at radius 2 is 1.20 bits per heavy atom. The molecule has 0 bridgehead atoms. The molecule has 0 aliphatic heterocycles. The van der Waals surface area contributed by atoms with Crippen LogP contribution in [0.4, 0.5) is 0 Å². The van der Waals surface area contributed by atoms with Crippen LogP contribution in [0, 0.1) is 0 Å². The molecule has 4 unspecified atom stereocenters. The maximum absolute atomic E-state index is 11.2. The fraction of sp³-hybridized carbons (Fsp3) is 0.750. The van der Waals surface area contributed by atoms with Crippen LogP contribution >= 0.6 is 0 Å². The van der Waals surface area contributed by atoms with Crippen molar-refractivity contribution < 1.29 is 22.7 Å². The molecule has 88 valence electrons. The first-order valence-electron chi connectivity index (χ1n) is 4.17. The van der Waals surface area contributed by atoms with E-state index in [4.69, 9.17) is 0 Å². The summed E-state index contributed by atoms with van der Waals surface area (Å²) in [6.07, 6.45) is 2.69. The van der Waals surface area contributed by atoms with Crippen molar-refractivity contribution in [3.8, 4) is 0 Å². The number of ether oxygens (including phenoxy) is 1. The fourth-order valence-electron chi connectivity index (χ4n) is 0.536. The topological polar surface area (TPSA) is 77.5 Å². The Bertz CT molecular complexity index is 282. The summed E-state index contributed by atoms with van der Waals surface area (Å²) in [6, 6.07) is 0. The van der Waals surface area contributed by atoms with Crippen LogP contribution < -0.4 is 0 Å². The Balaban J connectivity index is 4.37. The van der Waals surface area contributed by atoms with Crippen LogP contribution in [0.2, 0.25) is 0 Å². The van der Waals surface area contributed by atoms with E-state index < -0.39 is 44.0 Å². The largest absolute Gasteiger partial charge is 0.391 e. The molecule has 15 heavy (non-hydrogen) atoms. The molecule has 0 heterocycles. The molecule has 0 amide bonds. The lowest BCUT2D eigenvalue weighted by Gasteiger charge is -2.10. The Morgan fingerprint density at radius 1 is 0.933 bits per heavy atom. The van der Waals surface area contributed by atoms with Crippen molar-refractivity contribution >= 4 is 33.5 Å². The number of rotatable bonds is 4. The van der Waals surface area contributed by atoms with Gasteiger partial charge in [0.05, 0.1) is 0 Å². The summed E-state index contributed by atoms with van der Waals surface area (Å²) in [7, 11) is -2.77. The van der Waals surface area contributed by atoms with E-state index in [2.05, 4.69) is 4.74 Å². The Labute approximate surface area is 93.5 Å². The van der Waals surface area contributed by atoms with Crippen LogP contribution in [0.5, 0.6) is 0 Å². The molecule has 0 rings (SSSR count). The summed E-state index contributed by atoms with van der Waals surface area (Å²) in [6.45, 7) is 2.80. The Morgan fingerprint density at radius 3 is 1.40 bits per heavy atom. The van der Waals surface area contributed by atoms with Gasteiger partial charge in [0.2, 0.25) is 0 Å². The SMILES string of the molecule is CC(C(=O)OC(=O)C(C)S(C)=O)S(C)=O. The van der Waals surface area contributed by atoms with Crippen LogP contribution in [0.1, 0.15) is 13.8 Å². The van der Waals surface area contributed by atoms with Crippen molar-refractivity contribution in [2.45, 2.75) is 24.3 Å². The molecule has 0 aromatic rings. The van der Waals surface area contributed by atoms with Gasteiger partial charge in [-0.25, -0.2) is 0 Å². The molecule has 0 aliphatic carbocycles. The second-order valence-electron chi connectivity index (χ2n) is 3.02. The second kappa shape index (κ2) is 6.12. The average molecular weight is 254 g/mol. The molecular weight excluding hydrogens is 240 g/mol. The van der Waals surface area contributed by atoms with E-state index >= 15 is 0 Å². The monoisotopic (exact) mass is 254 g/mol. The number of carbonyl (C=O) groups excluding carboxylic acids is 2. The zero-order valence-electron chi connectivity index (χ0n) is 9.01. The predicted molar refractivity (Wildman–Crippen MR) is 58.2 cm³/mol. The van der Waals surface area contributed by atoms with Crippen LogP contribution in [-0.4, -0.2) is 43.4 Å². The minimum atomic E-state index is -1.38. The van der Waals surface area contributed by atoms with Crippen molar-refractivity contribution in [2.75, 3.05) is 12.5 Å². The Kier molecular flexibility index (Phi) is 5.89. The lowest BCUT2D eigenvalue weighted by Crippen LogP contribution is -2.32. The lowest BCUT2D eigenvalue weighted by molar-refractivity contribution is -0.158. The predicted octanol–water partition coefficient (Wildman–Crippen LogP) is -0.410. The second-order valence-corrected chi connectivity index (χ2v) is 6.43. The van der Waals surface area contributed by atoms with Crippen molar-refractivity contribution in [2.24, 2.45) is 0 Å². The van der Waals surface area contributed by atoms with E-state index in [1.807, 2.05) is 0 Å². The number of hydrogen-bond donors (Lipinski definition) is 0.